The maximum absolute atomic E-state index is 12.6. The molecule has 2 fully saturated rings. The fourth-order valence-electron chi connectivity index (χ4n) is 3.41. The highest BCUT2D eigenvalue weighted by molar-refractivity contribution is 5.95. The van der Waals surface area contributed by atoms with E-state index in [4.69, 9.17) is 9.15 Å². The summed E-state index contributed by atoms with van der Waals surface area (Å²) >= 11 is 0. The number of furan rings is 1. The second-order valence-electron chi connectivity index (χ2n) is 6.83. The van der Waals surface area contributed by atoms with E-state index in [1.165, 1.54) is 0 Å². The molecule has 3 rings (SSSR count). The van der Waals surface area contributed by atoms with Crippen molar-refractivity contribution in [1.29, 1.82) is 0 Å². The molecule has 1 unspecified atom stereocenters. The molecule has 2 aliphatic rings. The van der Waals surface area contributed by atoms with Gasteiger partial charge in [0.15, 0.2) is 0 Å². The van der Waals surface area contributed by atoms with Gasteiger partial charge in [-0.15, -0.1) is 0 Å². The molecule has 0 spiro atoms. The molecule has 0 bridgehead atoms. The molecule has 2 amide bonds. The molecule has 0 radical (unpaired) electrons. The Morgan fingerprint density at radius 2 is 2.00 bits per heavy atom. The molecule has 1 atom stereocenters. The maximum atomic E-state index is 12.6. The van der Waals surface area contributed by atoms with Crippen molar-refractivity contribution in [2.75, 3.05) is 45.9 Å². The van der Waals surface area contributed by atoms with Crippen molar-refractivity contribution in [2.45, 2.75) is 32.8 Å². The second kappa shape index (κ2) is 8.01. The standard InChI is InChI=1S/C18H27N3O4/c1-13-10-16(14(2)25-13)18(23)21-7-5-20(6-8-21)12-17(22)19-11-15-4-3-9-24-15/h10,15H,3-9,11-12H2,1-2H3,(H,19,22). The van der Waals surface area contributed by atoms with Crippen molar-refractivity contribution < 1.29 is 18.7 Å². The number of hydrogen-bond acceptors (Lipinski definition) is 5. The Balaban J connectivity index is 1.41. The Morgan fingerprint density at radius 3 is 2.60 bits per heavy atom. The first-order valence-electron chi connectivity index (χ1n) is 9.00. The summed E-state index contributed by atoms with van der Waals surface area (Å²) in [6, 6.07) is 1.79. The SMILES string of the molecule is Cc1cc(C(=O)N2CCN(CC(=O)NCC3CCCO3)CC2)c(C)o1. The zero-order valence-corrected chi connectivity index (χ0v) is 15.0. The van der Waals surface area contributed by atoms with Gasteiger partial charge < -0.3 is 19.4 Å². The molecule has 138 valence electrons. The monoisotopic (exact) mass is 349 g/mol. The molecule has 3 heterocycles. The van der Waals surface area contributed by atoms with Crippen molar-refractivity contribution in [3.63, 3.8) is 0 Å². The van der Waals surface area contributed by atoms with E-state index >= 15 is 0 Å². The minimum atomic E-state index is 0.0110. The fraction of sp³-hybridized carbons (Fsp3) is 0.667. The summed E-state index contributed by atoms with van der Waals surface area (Å²) in [6.07, 6.45) is 2.26. The Hall–Kier alpha value is -1.86. The summed E-state index contributed by atoms with van der Waals surface area (Å²) in [7, 11) is 0. The van der Waals surface area contributed by atoms with Gasteiger partial charge in [0.1, 0.15) is 11.5 Å². The lowest BCUT2D eigenvalue weighted by Crippen LogP contribution is -2.51. The lowest BCUT2D eigenvalue weighted by atomic mass is 10.2. The van der Waals surface area contributed by atoms with Crippen LogP contribution in [0.3, 0.4) is 0 Å². The molecule has 1 N–H and O–H groups in total. The zero-order valence-electron chi connectivity index (χ0n) is 15.0. The third-order valence-corrected chi connectivity index (χ3v) is 4.85. The number of piperazine rings is 1. The van der Waals surface area contributed by atoms with Crippen molar-refractivity contribution in [3.8, 4) is 0 Å². The first-order chi connectivity index (χ1) is 12.0. The molecular formula is C18H27N3O4. The number of amides is 2. The van der Waals surface area contributed by atoms with Crippen LogP contribution in [0.5, 0.6) is 0 Å². The quantitative estimate of drug-likeness (QED) is 0.857. The average molecular weight is 349 g/mol. The third-order valence-electron chi connectivity index (χ3n) is 4.85. The first kappa shape index (κ1) is 17.9. The van der Waals surface area contributed by atoms with Crippen LogP contribution in [0.2, 0.25) is 0 Å². The number of hydrogen-bond donors (Lipinski definition) is 1. The normalized spacial score (nSPS) is 21.5. The van der Waals surface area contributed by atoms with Gasteiger partial charge in [0.25, 0.3) is 5.91 Å². The van der Waals surface area contributed by atoms with Crippen LogP contribution in [0.25, 0.3) is 0 Å². The van der Waals surface area contributed by atoms with Crippen LogP contribution in [0.15, 0.2) is 10.5 Å². The third kappa shape index (κ3) is 4.61. The van der Waals surface area contributed by atoms with E-state index < -0.39 is 0 Å². The topological polar surface area (TPSA) is 75.0 Å². The number of nitrogens with one attached hydrogen (secondary N) is 1. The fourth-order valence-corrected chi connectivity index (χ4v) is 3.41. The molecule has 7 heteroatoms. The van der Waals surface area contributed by atoms with Crippen LogP contribution < -0.4 is 5.32 Å². The average Bonchev–Trinajstić information content (AvgIpc) is 3.22. The predicted molar refractivity (Wildman–Crippen MR) is 92.5 cm³/mol. The predicted octanol–water partition coefficient (Wildman–Crippen LogP) is 0.949. The second-order valence-corrected chi connectivity index (χ2v) is 6.83. The molecule has 25 heavy (non-hydrogen) atoms. The van der Waals surface area contributed by atoms with Crippen LogP contribution in [-0.2, 0) is 9.53 Å². The smallest absolute Gasteiger partial charge is 0.257 e. The molecule has 2 saturated heterocycles. The van der Waals surface area contributed by atoms with E-state index in [2.05, 4.69) is 10.2 Å². The molecule has 1 aromatic rings. The summed E-state index contributed by atoms with van der Waals surface area (Å²) in [5.74, 6) is 1.45. The number of aryl methyl sites for hydroxylation is 2. The molecular weight excluding hydrogens is 322 g/mol. The van der Waals surface area contributed by atoms with Gasteiger partial charge in [-0.2, -0.15) is 0 Å². The van der Waals surface area contributed by atoms with Crippen molar-refractivity contribution in [3.05, 3.63) is 23.2 Å². The van der Waals surface area contributed by atoms with Gasteiger partial charge in [0, 0.05) is 39.3 Å². The van der Waals surface area contributed by atoms with Gasteiger partial charge in [-0.05, 0) is 32.8 Å². The molecule has 0 saturated carbocycles. The summed E-state index contributed by atoms with van der Waals surface area (Å²) < 4.78 is 11.0. The van der Waals surface area contributed by atoms with Crippen LogP contribution in [0.1, 0.15) is 34.7 Å². The summed E-state index contributed by atoms with van der Waals surface area (Å²) in [5.41, 5.74) is 0.639. The van der Waals surface area contributed by atoms with Gasteiger partial charge in [0.05, 0.1) is 18.2 Å². The minimum Gasteiger partial charge on any atom is -0.466 e. The van der Waals surface area contributed by atoms with Crippen LogP contribution >= 0.6 is 0 Å². The molecule has 0 aromatic carbocycles. The lowest BCUT2D eigenvalue weighted by molar-refractivity contribution is -0.123. The molecule has 1 aromatic heterocycles. The van der Waals surface area contributed by atoms with E-state index in [0.29, 0.717) is 50.6 Å². The van der Waals surface area contributed by atoms with Gasteiger partial charge in [-0.25, -0.2) is 0 Å². The van der Waals surface area contributed by atoms with Crippen LogP contribution in [-0.4, -0.2) is 73.6 Å². The van der Waals surface area contributed by atoms with Crippen molar-refractivity contribution >= 4 is 11.8 Å². The van der Waals surface area contributed by atoms with Crippen LogP contribution in [0, 0.1) is 13.8 Å². The Morgan fingerprint density at radius 1 is 1.24 bits per heavy atom. The Kier molecular flexibility index (Phi) is 5.75. The van der Waals surface area contributed by atoms with Crippen LogP contribution in [0.4, 0.5) is 0 Å². The number of carbonyl (C=O) groups excluding carboxylic acids is 2. The van der Waals surface area contributed by atoms with E-state index in [0.717, 1.165) is 25.2 Å². The highest BCUT2D eigenvalue weighted by atomic mass is 16.5. The number of carbonyl (C=O) groups is 2. The molecule has 7 nitrogen and oxygen atoms in total. The van der Waals surface area contributed by atoms with Gasteiger partial charge in [-0.1, -0.05) is 0 Å². The highest BCUT2D eigenvalue weighted by Crippen LogP contribution is 2.17. The summed E-state index contributed by atoms with van der Waals surface area (Å²) in [4.78, 5) is 28.5. The minimum absolute atomic E-state index is 0.0110. The van der Waals surface area contributed by atoms with Gasteiger partial charge in [0.2, 0.25) is 5.91 Å². The zero-order chi connectivity index (χ0) is 17.8. The Labute approximate surface area is 148 Å². The Bertz CT molecular complexity index is 614. The molecule has 2 aliphatic heterocycles. The summed E-state index contributed by atoms with van der Waals surface area (Å²) in [6.45, 7) is 8.08. The number of rotatable bonds is 5. The maximum Gasteiger partial charge on any atom is 0.257 e. The van der Waals surface area contributed by atoms with Crippen molar-refractivity contribution in [1.82, 2.24) is 15.1 Å². The highest BCUT2D eigenvalue weighted by Gasteiger charge is 2.25. The van der Waals surface area contributed by atoms with Crippen molar-refractivity contribution in [2.24, 2.45) is 0 Å². The van der Waals surface area contributed by atoms with E-state index in [1.54, 1.807) is 6.07 Å². The first-order valence-corrected chi connectivity index (χ1v) is 9.00. The number of nitrogens with zero attached hydrogens (tertiary/aromatic N) is 2. The van der Waals surface area contributed by atoms with E-state index in [9.17, 15) is 9.59 Å². The lowest BCUT2D eigenvalue weighted by Gasteiger charge is -2.34. The largest absolute Gasteiger partial charge is 0.466 e. The summed E-state index contributed by atoms with van der Waals surface area (Å²) in [5, 5.41) is 2.94. The van der Waals surface area contributed by atoms with Gasteiger partial charge >= 0.3 is 0 Å². The number of ether oxygens (including phenoxy) is 1. The molecule has 0 aliphatic carbocycles. The van der Waals surface area contributed by atoms with E-state index in [-0.39, 0.29) is 17.9 Å². The van der Waals surface area contributed by atoms with E-state index in [1.807, 2.05) is 18.7 Å². The van der Waals surface area contributed by atoms with Gasteiger partial charge in [-0.3, -0.25) is 14.5 Å².